The van der Waals surface area contributed by atoms with Crippen molar-refractivity contribution in [2.24, 2.45) is 7.05 Å². The lowest BCUT2D eigenvalue weighted by molar-refractivity contribution is 0.918. The van der Waals surface area contributed by atoms with E-state index in [-0.39, 0.29) is 7.43 Å². The molecule has 0 spiro atoms. The molecule has 2 rings (SSSR count). The maximum absolute atomic E-state index is 2.24. The number of hydrogen-bond donors (Lipinski definition) is 0. The fourth-order valence-electron chi connectivity index (χ4n) is 1.64. The second kappa shape index (κ2) is 5.59. The Balaban J connectivity index is 0.000000617. The Morgan fingerprint density at radius 3 is 2.20 bits per heavy atom. The van der Waals surface area contributed by atoms with Crippen molar-refractivity contribution in [2.75, 3.05) is 0 Å². The molecule has 0 radical (unpaired) electrons. The van der Waals surface area contributed by atoms with Gasteiger partial charge in [-0.2, -0.15) is 0 Å². The van der Waals surface area contributed by atoms with Crippen LogP contribution in [0, 0.1) is 13.8 Å². The molecule has 1 nitrogen and oxygen atoms in total. The summed E-state index contributed by atoms with van der Waals surface area (Å²) in [6, 6.07) is 8.67. The van der Waals surface area contributed by atoms with Crippen LogP contribution < -0.4 is 0 Å². The average molecular weight is 205 g/mol. The highest BCUT2D eigenvalue weighted by molar-refractivity contribution is 5.84. The van der Waals surface area contributed by atoms with E-state index in [4.69, 9.17) is 0 Å². The smallest absolute Gasteiger partial charge is 0.0482 e. The maximum atomic E-state index is 2.24. The minimum atomic E-state index is 0. The Bertz CT molecular complexity index is 424. The van der Waals surface area contributed by atoms with E-state index in [9.17, 15) is 0 Å². The third kappa shape index (κ3) is 2.41. The molecule has 0 unspecified atom stereocenters. The summed E-state index contributed by atoms with van der Waals surface area (Å²) in [5.41, 5.74) is 4.00. The molecule has 15 heavy (non-hydrogen) atoms. The topological polar surface area (TPSA) is 4.93 Å². The highest BCUT2D eigenvalue weighted by Crippen LogP contribution is 2.20. The van der Waals surface area contributed by atoms with Crippen LogP contribution in [0.4, 0.5) is 0 Å². The van der Waals surface area contributed by atoms with Gasteiger partial charge in [0.15, 0.2) is 0 Å². The molecule has 1 aromatic carbocycles. The van der Waals surface area contributed by atoms with Gasteiger partial charge >= 0.3 is 0 Å². The van der Waals surface area contributed by atoms with Crippen molar-refractivity contribution in [1.82, 2.24) is 4.57 Å². The van der Waals surface area contributed by atoms with Crippen molar-refractivity contribution in [2.45, 2.75) is 35.1 Å². The van der Waals surface area contributed by atoms with Gasteiger partial charge in [-0.25, -0.2) is 0 Å². The predicted molar refractivity (Wildman–Crippen MR) is 70.5 cm³/mol. The van der Waals surface area contributed by atoms with Crippen LogP contribution in [0.15, 0.2) is 24.3 Å². The lowest BCUT2D eigenvalue weighted by Crippen LogP contribution is -1.88. The number of nitrogens with zero attached hydrogens (tertiary/aromatic N) is 1. The van der Waals surface area contributed by atoms with Gasteiger partial charge in [0.25, 0.3) is 0 Å². The van der Waals surface area contributed by atoms with Gasteiger partial charge in [0.1, 0.15) is 0 Å². The van der Waals surface area contributed by atoms with Crippen molar-refractivity contribution in [3.05, 3.63) is 35.5 Å². The van der Waals surface area contributed by atoms with Crippen molar-refractivity contribution < 1.29 is 0 Å². The first kappa shape index (κ1) is 13.8. The molecule has 0 N–H and O–H groups in total. The van der Waals surface area contributed by atoms with Crippen LogP contribution in [0.1, 0.15) is 32.5 Å². The van der Waals surface area contributed by atoms with Crippen molar-refractivity contribution in [1.29, 1.82) is 0 Å². The fraction of sp³-hybridized carbons (Fsp3) is 0.429. The molecular weight excluding hydrogens is 182 g/mol. The summed E-state index contributed by atoms with van der Waals surface area (Å²) < 4.78 is 2.22. The van der Waals surface area contributed by atoms with E-state index in [1.165, 1.54) is 22.2 Å². The van der Waals surface area contributed by atoms with E-state index in [0.29, 0.717) is 0 Å². The van der Waals surface area contributed by atoms with Crippen LogP contribution in [0.2, 0.25) is 0 Å². The van der Waals surface area contributed by atoms with Gasteiger partial charge in [-0.1, -0.05) is 33.4 Å². The van der Waals surface area contributed by atoms with Gasteiger partial charge < -0.3 is 4.57 Å². The Kier molecular flexibility index (Phi) is 5.13. The Morgan fingerprint density at radius 2 is 1.67 bits per heavy atom. The molecule has 0 amide bonds. The van der Waals surface area contributed by atoms with E-state index < -0.39 is 0 Å². The van der Waals surface area contributed by atoms with Gasteiger partial charge in [0, 0.05) is 23.6 Å². The van der Waals surface area contributed by atoms with E-state index in [0.717, 1.165) is 0 Å². The summed E-state index contributed by atoms with van der Waals surface area (Å²) in [6.07, 6.45) is 0. The molecule has 0 fully saturated rings. The van der Waals surface area contributed by atoms with Crippen LogP contribution in [0.5, 0.6) is 0 Å². The van der Waals surface area contributed by atoms with Crippen LogP contribution in [-0.2, 0) is 7.05 Å². The van der Waals surface area contributed by atoms with Crippen molar-refractivity contribution in [3.63, 3.8) is 0 Å². The Hall–Kier alpha value is -1.24. The third-order valence-electron chi connectivity index (χ3n) is 2.54. The third-order valence-corrected chi connectivity index (χ3v) is 2.54. The summed E-state index contributed by atoms with van der Waals surface area (Å²) >= 11 is 0. The summed E-state index contributed by atoms with van der Waals surface area (Å²) in [7, 11) is 2.11. The van der Waals surface area contributed by atoms with Gasteiger partial charge in [-0.3, -0.25) is 0 Å². The zero-order valence-electron chi connectivity index (χ0n) is 9.76. The second-order valence-corrected chi connectivity index (χ2v) is 3.35. The molecule has 1 heterocycles. The van der Waals surface area contributed by atoms with Gasteiger partial charge in [-0.15, -0.1) is 0 Å². The lowest BCUT2D eigenvalue weighted by atomic mass is 10.1. The number of aryl methyl sites for hydroxylation is 3. The first-order chi connectivity index (χ1) is 6.70. The fourth-order valence-corrected chi connectivity index (χ4v) is 1.64. The SMILES string of the molecule is C.CC.Cc1cccc2c1cc(C)n2C. The molecule has 0 bridgehead atoms. The van der Waals surface area contributed by atoms with E-state index in [2.05, 4.69) is 49.7 Å². The van der Waals surface area contributed by atoms with Crippen LogP contribution in [-0.4, -0.2) is 4.57 Å². The predicted octanol–water partition coefficient (Wildman–Crippen LogP) is 4.46. The summed E-state index contributed by atoms with van der Waals surface area (Å²) in [5, 5.41) is 1.37. The minimum Gasteiger partial charge on any atom is -0.348 e. The van der Waals surface area contributed by atoms with E-state index in [1.807, 2.05) is 13.8 Å². The first-order valence-electron chi connectivity index (χ1n) is 5.22. The van der Waals surface area contributed by atoms with Crippen LogP contribution in [0.25, 0.3) is 10.9 Å². The van der Waals surface area contributed by atoms with Crippen LogP contribution in [0.3, 0.4) is 0 Å². The second-order valence-electron chi connectivity index (χ2n) is 3.35. The molecule has 0 aliphatic rings. The van der Waals surface area contributed by atoms with Crippen LogP contribution >= 0.6 is 0 Å². The van der Waals surface area contributed by atoms with Gasteiger partial charge in [0.05, 0.1) is 0 Å². The quantitative estimate of drug-likeness (QED) is 0.598. The number of rotatable bonds is 0. The first-order valence-corrected chi connectivity index (χ1v) is 5.22. The molecule has 2 aromatic rings. The minimum absolute atomic E-state index is 0. The lowest BCUT2D eigenvalue weighted by Gasteiger charge is -1.98. The maximum Gasteiger partial charge on any atom is 0.0482 e. The molecule has 0 aliphatic carbocycles. The molecule has 0 saturated carbocycles. The Morgan fingerprint density at radius 1 is 1.07 bits per heavy atom. The largest absolute Gasteiger partial charge is 0.348 e. The highest BCUT2D eigenvalue weighted by Gasteiger charge is 2.02. The van der Waals surface area contributed by atoms with Crippen molar-refractivity contribution in [3.8, 4) is 0 Å². The Labute approximate surface area is 93.7 Å². The van der Waals surface area contributed by atoms with Gasteiger partial charge in [0.2, 0.25) is 0 Å². The number of fused-ring (bicyclic) bond motifs is 1. The highest BCUT2D eigenvalue weighted by atomic mass is 14.9. The standard InChI is InChI=1S/C11H13N.C2H6.CH4/c1-8-5-4-6-11-10(8)7-9(2)12(11)3;1-2;/h4-7H,1-3H3;1-2H3;1H4. The molecule has 84 valence electrons. The zero-order chi connectivity index (χ0) is 10.7. The van der Waals surface area contributed by atoms with E-state index >= 15 is 0 Å². The monoisotopic (exact) mass is 205 g/mol. The van der Waals surface area contributed by atoms with E-state index in [1.54, 1.807) is 0 Å². The normalized spacial score (nSPS) is 9.13. The zero-order valence-corrected chi connectivity index (χ0v) is 9.76. The molecule has 1 heteroatoms. The molecule has 0 atom stereocenters. The average Bonchev–Trinajstić information content (AvgIpc) is 2.50. The van der Waals surface area contributed by atoms with Crippen molar-refractivity contribution >= 4 is 10.9 Å². The molecule has 0 aliphatic heterocycles. The summed E-state index contributed by atoms with van der Waals surface area (Å²) in [6.45, 7) is 8.29. The molecule has 0 saturated heterocycles. The number of aromatic nitrogens is 1. The molecule has 1 aromatic heterocycles. The number of benzene rings is 1. The molecular formula is C14H23N. The summed E-state index contributed by atoms with van der Waals surface area (Å²) in [4.78, 5) is 0. The number of hydrogen-bond acceptors (Lipinski definition) is 0. The van der Waals surface area contributed by atoms with Gasteiger partial charge in [-0.05, 0) is 31.5 Å². The summed E-state index contributed by atoms with van der Waals surface area (Å²) in [5.74, 6) is 0.